The third-order valence-electron chi connectivity index (χ3n) is 3.72. The molecule has 0 aliphatic rings. The van der Waals surface area contributed by atoms with Gasteiger partial charge in [0.1, 0.15) is 11.3 Å². The quantitative estimate of drug-likeness (QED) is 0.696. The van der Waals surface area contributed by atoms with E-state index < -0.39 is 23.6 Å². The number of anilines is 1. The number of hydrogen-bond donors (Lipinski definition) is 1. The fourth-order valence-corrected chi connectivity index (χ4v) is 2.50. The molecule has 0 spiro atoms. The van der Waals surface area contributed by atoms with Gasteiger partial charge in [0.15, 0.2) is 0 Å². The highest BCUT2D eigenvalue weighted by atomic mass is 19.4. The minimum absolute atomic E-state index is 0.0206. The summed E-state index contributed by atoms with van der Waals surface area (Å²) in [5.74, 6) is -1.24. The summed E-state index contributed by atoms with van der Waals surface area (Å²) in [6, 6.07) is 5.10. The lowest BCUT2D eigenvalue weighted by atomic mass is 10.1. The SMILES string of the molecule is COCC(C)Nc1ccc(Oc2ncc(C)cc2C(F)(F)F)cc1C(=O)OC. The largest absolute Gasteiger partial charge is 0.465 e. The Morgan fingerprint density at radius 3 is 2.57 bits per heavy atom. The standard InChI is InChI=1S/C19H21F3N2O4/c1-11-7-15(19(20,21)22)17(23-9-11)28-13-5-6-16(24-12(2)10-26-3)14(8-13)18(25)27-4/h5-9,12,24H,10H2,1-4H3. The number of nitrogens with one attached hydrogen (secondary N) is 1. The first-order valence-corrected chi connectivity index (χ1v) is 8.35. The number of alkyl halides is 3. The topological polar surface area (TPSA) is 69.7 Å². The van der Waals surface area contributed by atoms with E-state index in [1.54, 1.807) is 7.11 Å². The molecule has 9 heteroatoms. The molecule has 1 aromatic heterocycles. The molecule has 1 atom stereocenters. The van der Waals surface area contributed by atoms with Gasteiger partial charge in [0, 0.05) is 25.0 Å². The van der Waals surface area contributed by atoms with E-state index in [4.69, 9.17) is 14.2 Å². The Bertz CT molecular complexity index is 840. The zero-order valence-electron chi connectivity index (χ0n) is 15.9. The number of aromatic nitrogens is 1. The summed E-state index contributed by atoms with van der Waals surface area (Å²) in [6.07, 6.45) is -3.36. The number of nitrogens with zero attached hydrogens (tertiary/aromatic N) is 1. The molecule has 0 aliphatic carbocycles. The van der Waals surface area contributed by atoms with Crippen LogP contribution >= 0.6 is 0 Å². The molecule has 6 nitrogen and oxygen atoms in total. The van der Waals surface area contributed by atoms with Crippen molar-refractivity contribution >= 4 is 11.7 Å². The Morgan fingerprint density at radius 1 is 1.25 bits per heavy atom. The lowest BCUT2D eigenvalue weighted by molar-refractivity contribution is -0.138. The zero-order chi connectivity index (χ0) is 20.9. The third kappa shape index (κ3) is 5.35. The molecule has 0 amide bonds. The van der Waals surface area contributed by atoms with Crippen LogP contribution in [0.25, 0.3) is 0 Å². The van der Waals surface area contributed by atoms with Gasteiger partial charge in [0.25, 0.3) is 0 Å². The number of aryl methyl sites for hydroxylation is 1. The van der Waals surface area contributed by atoms with Gasteiger partial charge in [-0.3, -0.25) is 0 Å². The monoisotopic (exact) mass is 398 g/mol. The van der Waals surface area contributed by atoms with Gasteiger partial charge in [-0.1, -0.05) is 0 Å². The molecule has 2 rings (SSSR count). The minimum atomic E-state index is -4.63. The first-order valence-electron chi connectivity index (χ1n) is 8.35. The lowest BCUT2D eigenvalue weighted by Gasteiger charge is -2.18. The second-order valence-corrected chi connectivity index (χ2v) is 6.16. The van der Waals surface area contributed by atoms with Crippen LogP contribution in [0.15, 0.2) is 30.5 Å². The molecule has 2 aromatic rings. The summed E-state index contributed by atoms with van der Waals surface area (Å²) in [6.45, 7) is 3.74. The van der Waals surface area contributed by atoms with E-state index in [1.165, 1.54) is 38.4 Å². The summed E-state index contributed by atoms with van der Waals surface area (Å²) in [4.78, 5) is 15.8. The molecule has 0 saturated carbocycles. The van der Waals surface area contributed by atoms with Crippen molar-refractivity contribution in [3.8, 4) is 11.6 Å². The van der Waals surface area contributed by atoms with Crippen molar-refractivity contribution in [2.75, 3.05) is 26.1 Å². The summed E-state index contributed by atoms with van der Waals surface area (Å²) >= 11 is 0. The maximum atomic E-state index is 13.3. The summed E-state index contributed by atoms with van der Waals surface area (Å²) in [7, 11) is 2.75. The van der Waals surface area contributed by atoms with E-state index in [0.29, 0.717) is 17.9 Å². The Morgan fingerprint density at radius 2 is 1.96 bits per heavy atom. The average molecular weight is 398 g/mol. The Hall–Kier alpha value is -2.81. The second kappa shape index (κ2) is 8.92. The molecular formula is C19H21F3N2O4. The molecule has 152 valence electrons. The van der Waals surface area contributed by atoms with E-state index in [9.17, 15) is 18.0 Å². The fraction of sp³-hybridized carbons (Fsp3) is 0.368. The summed E-state index contributed by atoms with van der Waals surface area (Å²) in [5, 5.41) is 3.08. The van der Waals surface area contributed by atoms with Gasteiger partial charge in [0.05, 0.1) is 19.3 Å². The Kier molecular flexibility index (Phi) is 6.85. The number of hydrogen-bond acceptors (Lipinski definition) is 6. The summed E-state index contributed by atoms with van der Waals surface area (Å²) < 4.78 is 54.9. The Labute approximate surface area is 160 Å². The van der Waals surface area contributed by atoms with Crippen LogP contribution < -0.4 is 10.1 Å². The molecule has 0 saturated heterocycles. The van der Waals surface area contributed by atoms with E-state index >= 15 is 0 Å². The smallest absolute Gasteiger partial charge is 0.421 e. The molecule has 1 aromatic carbocycles. The van der Waals surface area contributed by atoms with Crippen LogP contribution in [-0.4, -0.2) is 37.8 Å². The number of pyridine rings is 1. The van der Waals surface area contributed by atoms with Crippen molar-refractivity contribution in [1.82, 2.24) is 4.98 Å². The van der Waals surface area contributed by atoms with Crippen molar-refractivity contribution in [1.29, 1.82) is 0 Å². The molecule has 0 bridgehead atoms. The van der Waals surface area contributed by atoms with Crippen LogP contribution in [-0.2, 0) is 15.7 Å². The predicted octanol–water partition coefficient (Wildman–Crippen LogP) is 4.43. The first-order chi connectivity index (χ1) is 13.2. The highest BCUT2D eigenvalue weighted by molar-refractivity contribution is 5.96. The van der Waals surface area contributed by atoms with Crippen molar-refractivity contribution in [2.45, 2.75) is 26.1 Å². The molecule has 1 unspecified atom stereocenters. The van der Waals surface area contributed by atoms with E-state index in [0.717, 1.165) is 6.07 Å². The maximum Gasteiger partial charge on any atom is 0.421 e. The third-order valence-corrected chi connectivity index (χ3v) is 3.72. The zero-order valence-corrected chi connectivity index (χ0v) is 15.9. The van der Waals surface area contributed by atoms with Gasteiger partial charge in [-0.05, 0) is 43.7 Å². The number of carbonyl (C=O) groups is 1. The van der Waals surface area contributed by atoms with Crippen LogP contribution in [0.2, 0.25) is 0 Å². The number of esters is 1. The number of carbonyl (C=O) groups excluding carboxylic acids is 1. The van der Waals surface area contributed by atoms with Crippen molar-refractivity contribution < 1.29 is 32.2 Å². The molecule has 28 heavy (non-hydrogen) atoms. The number of halogens is 3. The predicted molar refractivity (Wildman–Crippen MR) is 96.8 cm³/mol. The lowest BCUT2D eigenvalue weighted by Crippen LogP contribution is -2.22. The molecule has 0 radical (unpaired) electrons. The second-order valence-electron chi connectivity index (χ2n) is 6.16. The molecule has 1 heterocycles. The van der Waals surface area contributed by atoms with Crippen LogP contribution in [0, 0.1) is 6.92 Å². The minimum Gasteiger partial charge on any atom is -0.465 e. The van der Waals surface area contributed by atoms with Gasteiger partial charge in [-0.15, -0.1) is 0 Å². The van der Waals surface area contributed by atoms with Crippen LogP contribution in [0.5, 0.6) is 11.6 Å². The molecule has 0 fully saturated rings. The van der Waals surface area contributed by atoms with Crippen molar-refractivity contribution in [2.24, 2.45) is 0 Å². The maximum absolute atomic E-state index is 13.3. The van der Waals surface area contributed by atoms with E-state index in [2.05, 4.69) is 10.3 Å². The normalized spacial score (nSPS) is 12.4. The fourth-order valence-electron chi connectivity index (χ4n) is 2.50. The van der Waals surface area contributed by atoms with E-state index in [1.807, 2.05) is 6.92 Å². The molecular weight excluding hydrogens is 377 g/mol. The van der Waals surface area contributed by atoms with Crippen molar-refractivity contribution in [3.05, 3.63) is 47.2 Å². The van der Waals surface area contributed by atoms with Gasteiger partial charge in [0.2, 0.25) is 5.88 Å². The van der Waals surface area contributed by atoms with Crippen molar-refractivity contribution in [3.63, 3.8) is 0 Å². The summed E-state index contributed by atoms with van der Waals surface area (Å²) in [5.41, 5.74) is -0.0927. The van der Waals surface area contributed by atoms with Gasteiger partial charge in [-0.25, -0.2) is 9.78 Å². The van der Waals surface area contributed by atoms with E-state index in [-0.39, 0.29) is 17.4 Å². The average Bonchev–Trinajstić information content (AvgIpc) is 2.63. The number of rotatable bonds is 7. The molecule has 0 aliphatic heterocycles. The van der Waals surface area contributed by atoms with Gasteiger partial charge < -0.3 is 19.5 Å². The highest BCUT2D eigenvalue weighted by Crippen LogP contribution is 2.37. The Balaban J connectivity index is 2.39. The van der Waals surface area contributed by atoms with Gasteiger partial charge in [-0.2, -0.15) is 13.2 Å². The highest BCUT2D eigenvalue weighted by Gasteiger charge is 2.35. The number of methoxy groups -OCH3 is 2. The van der Waals surface area contributed by atoms with Gasteiger partial charge >= 0.3 is 12.1 Å². The van der Waals surface area contributed by atoms with Crippen LogP contribution in [0.4, 0.5) is 18.9 Å². The van der Waals surface area contributed by atoms with Crippen LogP contribution in [0.1, 0.15) is 28.4 Å². The van der Waals surface area contributed by atoms with Crippen LogP contribution in [0.3, 0.4) is 0 Å². The first kappa shape index (κ1) is 21.5. The number of benzene rings is 1. The molecule has 1 N–H and O–H groups in total. The number of ether oxygens (including phenoxy) is 3.